The van der Waals surface area contributed by atoms with Crippen molar-refractivity contribution in [2.45, 2.75) is 52.8 Å². The van der Waals surface area contributed by atoms with Crippen molar-refractivity contribution in [3.8, 4) is 0 Å². The first-order chi connectivity index (χ1) is 11.8. The molecule has 8 nitrogen and oxygen atoms in total. The van der Waals surface area contributed by atoms with Gasteiger partial charge >= 0.3 is 0 Å². The molecule has 1 fully saturated rings. The quantitative estimate of drug-likeness (QED) is 0.895. The zero-order chi connectivity index (χ0) is 18.1. The van der Waals surface area contributed by atoms with Gasteiger partial charge in [-0.1, -0.05) is 0 Å². The van der Waals surface area contributed by atoms with Crippen LogP contribution in [0.25, 0.3) is 0 Å². The molecule has 8 heteroatoms. The first-order valence-corrected chi connectivity index (χ1v) is 8.58. The van der Waals surface area contributed by atoms with Gasteiger partial charge in [0.05, 0.1) is 0 Å². The Hall–Kier alpha value is -2.35. The highest BCUT2D eigenvalue weighted by Gasteiger charge is 2.32. The van der Waals surface area contributed by atoms with E-state index in [1.165, 1.54) is 0 Å². The average Bonchev–Trinajstić information content (AvgIpc) is 2.53. The molecule has 3 atom stereocenters. The molecule has 25 heavy (non-hydrogen) atoms. The molecule has 0 aliphatic carbocycles. The lowest BCUT2D eigenvalue weighted by Crippen LogP contribution is -2.58. The molecule has 0 aromatic carbocycles. The van der Waals surface area contributed by atoms with Gasteiger partial charge in [0, 0.05) is 31.4 Å². The number of nitrogens with zero attached hydrogens (tertiary/aromatic N) is 7. The highest BCUT2D eigenvalue weighted by Crippen LogP contribution is 2.25. The zero-order valence-electron chi connectivity index (χ0n) is 15.4. The van der Waals surface area contributed by atoms with Gasteiger partial charge in [0.25, 0.3) is 0 Å². The second kappa shape index (κ2) is 6.87. The summed E-state index contributed by atoms with van der Waals surface area (Å²) in [5, 5.41) is 9.72. The predicted octanol–water partition coefficient (Wildman–Crippen LogP) is 1.44. The summed E-state index contributed by atoms with van der Waals surface area (Å²) < 4.78 is 0. The molecular formula is C17H25N7O. The molecule has 2 aromatic rings. The molecule has 0 bridgehead atoms. The Balaban J connectivity index is 1.83. The van der Waals surface area contributed by atoms with E-state index in [2.05, 4.69) is 48.6 Å². The summed E-state index contributed by atoms with van der Waals surface area (Å²) >= 11 is 0. The largest absolute Gasteiger partial charge is 0.385 e. The summed E-state index contributed by atoms with van der Waals surface area (Å²) in [5.41, 5.74) is 0. The third-order valence-corrected chi connectivity index (χ3v) is 4.35. The Labute approximate surface area is 148 Å². The van der Waals surface area contributed by atoms with E-state index in [1.54, 1.807) is 13.1 Å². The first kappa shape index (κ1) is 17.5. The van der Waals surface area contributed by atoms with Crippen LogP contribution in [0.5, 0.6) is 0 Å². The van der Waals surface area contributed by atoms with Gasteiger partial charge in [-0.15, -0.1) is 0 Å². The monoisotopic (exact) mass is 343 g/mol. The lowest BCUT2D eigenvalue weighted by molar-refractivity contribution is 0.189. The third kappa shape index (κ3) is 3.68. The minimum atomic E-state index is -0.674. The third-order valence-electron chi connectivity index (χ3n) is 4.35. The van der Waals surface area contributed by atoms with Crippen LogP contribution in [0.15, 0.2) is 12.3 Å². The summed E-state index contributed by atoms with van der Waals surface area (Å²) in [6, 6.07) is 2.32. The maximum absolute atomic E-state index is 9.72. The number of aliphatic hydroxyl groups excluding tert-OH is 1. The fourth-order valence-corrected chi connectivity index (χ4v) is 3.36. The summed E-state index contributed by atoms with van der Waals surface area (Å²) in [6.07, 6.45) is 1.03. The topological polar surface area (TPSA) is 91.2 Å². The smallest absolute Gasteiger partial charge is 0.229 e. The van der Waals surface area contributed by atoms with Crippen molar-refractivity contribution in [2.75, 3.05) is 22.9 Å². The normalized spacial score (nSPS) is 22.2. The number of rotatable bonds is 3. The molecule has 0 spiro atoms. The van der Waals surface area contributed by atoms with E-state index < -0.39 is 6.10 Å². The second-order valence-electron chi connectivity index (χ2n) is 6.69. The van der Waals surface area contributed by atoms with Crippen LogP contribution in [-0.2, 0) is 0 Å². The summed E-state index contributed by atoms with van der Waals surface area (Å²) in [5.74, 6) is 3.50. The number of hydrogen-bond acceptors (Lipinski definition) is 8. The highest BCUT2D eigenvalue weighted by molar-refractivity contribution is 5.44. The molecule has 0 saturated carbocycles. The van der Waals surface area contributed by atoms with Crippen molar-refractivity contribution in [3.63, 3.8) is 0 Å². The zero-order valence-corrected chi connectivity index (χ0v) is 15.4. The van der Waals surface area contributed by atoms with Crippen LogP contribution in [0, 0.1) is 13.8 Å². The SMILES string of the molecule is Cc1nc(C)nc(N2[C@H](C)CN(c3ccnc([C@@H](C)O)n3)C[C@@H]2C)n1. The van der Waals surface area contributed by atoms with Crippen LogP contribution in [0.2, 0.25) is 0 Å². The van der Waals surface area contributed by atoms with Gasteiger partial charge in [-0.25, -0.2) is 15.0 Å². The predicted molar refractivity (Wildman–Crippen MR) is 95.6 cm³/mol. The fraction of sp³-hybridized carbons (Fsp3) is 0.588. The number of aromatic nitrogens is 5. The van der Waals surface area contributed by atoms with Gasteiger partial charge in [0.15, 0.2) is 5.82 Å². The number of aliphatic hydroxyl groups is 1. The Bertz CT molecular complexity index is 719. The van der Waals surface area contributed by atoms with E-state index in [0.29, 0.717) is 5.82 Å². The fourth-order valence-electron chi connectivity index (χ4n) is 3.36. The van der Waals surface area contributed by atoms with E-state index in [4.69, 9.17) is 0 Å². The van der Waals surface area contributed by atoms with Crippen molar-refractivity contribution < 1.29 is 5.11 Å². The molecule has 1 N–H and O–H groups in total. The minimum absolute atomic E-state index is 0.218. The van der Waals surface area contributed by atoms with Crippen LogP contribution in [0.1, 0.15) is 44.3 Å². The number of piperazine rings is 1. The Morgan fingerprint density at radius 2 is 1.64 bits per heavy atom. The maximum Gasteiger partial charge on any atom is 0.229 e. The Kier molecular flexibility index (Phi) is 4.80. The molecule has 1 saturated heterocycles. The number of anilines is 2. The van der Waals surface area contributed by atoms with Gasteiger partial charge in [-0.05, 0) is 40.7 Å². The molecular weight excluding hydrogens is 318 g/mol. The van der Waals surface area contributed by atoms with Gasteiger partial charge in [-0.3, -0.25) is 0 Å². The Morgan fingerprint density at radius 3 is 2.20 bits per heavy atom. The molecule has 0 unspecified atom stereocenters. The molecule has 1 aliphatic rings. The van der Waals surface area contributed by atoms with E-state index in [0.717, 1.165) is 36.5 Å². The molecule has 134 valence electrons. The molecule has 3 rings (SSSR count). The van der Waals surface area contributed by atoms with E-state index in [1.807, 2.05) is 19.9 Å². The first-order valence-electron chi connectivity index (χ1n) is 8.58. The van der Waals surface area contributed by atoms with Crippen LogP contribution in [0.4, 0.5) is 11.8 Å². The van der Waals surface area contributed by atoms with E-state index in [-0.39, 0.29) is 12.1 Å². The average molecular weight is 343 g/mol. The summed E-state index contributed by atoms with van der Waals surface area (Å²) in [7, 11) is 0. The van der Waals surface area contributed by atoms with Gasteiger partial charge < -0.3 is 14.9 Å². The summed E-state index contributed by atoms with van der Waals surface area (Å²) in [6.45, 7) is 11.4. The highest BCUT2D eigenvalue weighted by atomic mass is 16.3. The maximum atomic E-state index is 9.72. The minimum Gasteiger partial charge on any atom is -0.385 e. The van der Waals surface area contributed by atoms with Crippen molar-refractivity contribution in [1.29, 1.82) is 0 Å². The van der Waals surface area contributed by atoms with E-state index in [9.17, 15) is 5.11 Å². The van der Waals surface area contributed by atoms with Crippen LogP contribution >= 0.6 is 0 Å². The van der Waals surface area contributed by atoms with Gasteiger partial charge in [-0.2, -0.15) is 9.97 Å². The Morgan fingerprint density at radius 1 is 1.04 bits per heavy atom. The van der Waals surface area contributed by atoms with Crippen LogP contribution < -0.4 is 9.80 Å². The molecule has 2 aromatic heterocycles. The van der Waals surface area contributed by atoms with E-state index >= 15 is 0 Å². The second-order valence-corrected chi connectivity index (χ2v) is 6.69. The molecule has 3 heterocycles. The van der Waals surface area contributed by atoms with Gasteiger partial charge in [0.2, 0.25) is 5.95 Å². The number of aryl methyl sites for hydroxylation is 2. The summed E-state index contributed by atoms with van der Waals surface area (Å²) in [4.78, 5) is 26.4. The lowest BCUT2D eigenvalue weighted by atomic mass is 10.1. The van der Waals surface area contributed by atoms with Crippen LogP contribution in [-0.4, -0.2) is 55.2 Å². The van der Waals surface area contributed by atoms with Crippen molar-refractivity contribution in [1.82, 2.24) is 24.9 Å². The number of hydrogen-bond donors (Lipinski definition) is 1. The van der Waals surface area contributed by atoms with Crippen molar-refractivity contribution in [2.24, 2.45) is 0 Å². The standard InChI is InChI=1S/C17H25N7O/c1-10-8-23(15-6-7-18-16(22-15)12(3)25)9-11(2)24(10)17-20-13(4)19-14(5)21-17/h6-7,10-12,25H,8-9H2,1-5H3/t10-,11+,12-/m1/s1. The molecule has 1 aliphatic heterocycles. The molecule has 0 radical (unpaired) electrons. The van der Waals surface area contributed by atoms with Gasteiger partial charge in [0.1, 0.15) is 23.6 Å². The van der Waals surface area contributed by atoms with Crippen molar-refractivity contribution in [3.05, 3.63) is 29.7 Å². The molecule has 0 amide bonds. The van der Waals surface area contributed by atoms with Crippen LogP contribution in [0.3, 0.4) is 0 Å². The lowest BCUT2D eigenvalue weighted by Gasteiger charge is -2.45. The van der Waals surface area contributed by atoms with Crippen molar-refractivity contribution >= 4 is 11.8 Å².